The number of aliphatic carboxylic acids is 1. The fraction of sp³-hybridized carbons (Fsp3) is 0.459. The van der Waals surface area contributed by atoms with Gasteiger partial charge in [-0.2, -0.15) is 0 Å². The van der Waals surface area contributed by atoms with Gasteiger partial charge in [0.1, 0.15) is 66.2 Å². The second-order valence-electron chi connectivity index (χ2n) is 37.9. The zero-order valence-electron chi connectivity index (χ0n) is 86.4. The standard InChI is InChI=1S/C109H148N18O18S/c1-16-79(99(135)125-86(59-71-33-21-17-22-34-71)105(141)124-85(58-68(4)5)103(139)121-80(98(134)118-65-93(131)132)42-31-55-115-106(110)112-10)119-100(136)82(43-32-56-116-107(111)113-11)123-104(140)87(60-72-46-44-69(6)45-47-72)126-101(137)81(41-29-30-54-114-84(57-67(2)3)94-88(128)62-108(8,9)63-89(94)129)122-102(138)83(52-53-92(130)127-109(74-35-23-18-24-36-74,75-37-25-19-26-38-75)76-39-27-20-28-40-76)120-97(133)70(7)117-64-78-91(61-90(143-13)96(145-15)95(78)144-14)146-66-73-48-50-77(142-12)51-49-73/h17-28,33-40,44-51,61,67-68,70,79-83,85-87,114,117H,16,29-32,41-43,52-60,62-66H2,1-15H3,(H,118,134)(H,119,136)(H,120,133)(H,121,139)(H,122,138)(H,123,140)(H,124,141)(H,125,135)(H,126,137)(H,127,130)(H,131,132)(H3,110,112,115)(H3,111,113,116)/t70?,79-,80?,81?,82?,83-,85-,86-,87-/m0/s1. The van der Waals surface area contributed by atoms with E-state index < -0.39 is 143 Å². The van der Waals surface area contributed by atoms with Gasteiger partial charge < -0.3 is 109 Å². The Morgan fingerprint density at radius 2 is 0.884 bits per heavy atom. The lowest BCUT2D eigenvalue weighted by Crippen LogP contribution is -2.61. The van der Waals surface area contributed by atoms with Crippen molar-refractivity contribution < 1.29 is 86.4 Å². The molecule has 8 rings (SSSR count). The summed E-state index contributed by atoms with van der Waals surface area (Å²) in [4.78, 5) is 192. The first-order valence-corrected chi connectivity index (χ1v) is 50.7. The summed E-state index contributed by atoms with van der Waals surface area (Å²) in [5, 5.41) is 71.9. The van der Waals surface area contributed by atoms with Gasteiger partial charge in [-0.15, -0.1) is 11.8 Å². The van der Waals surface area contributed by atoms with Gasteiger partial charge in [0.05, 0.1) is 40.1 Å². The minimum Gasteiger partial charge on any atom is -0.497 e. The molecule has 0 spiro atoms. The molecule has 1 aliphatic rings. The Kier molecular flexibility index (Phi) is 47.4. The van der Waals surface area contributed by atoms with Crippen molar-refractivity contribution in [3.63, 3.8) is 0 Å². The van der Waals surface area contributed by atoms with Crippen LogP contribution in [0.4, 0.5) is 0 Å². The van der Waals surface area contributed by atoms with E-state index in [9.17, 15) is 33.9 Å². The summed E-state index contributed by atoms with van der Waals surface area (Å²) in [5.74, 6) is -8.12. The molecule has 146 heavy (non-hydrogen) atoms. The van der Waals surface area contributed by atoms with Crippen molar-refractivity contribution >= 4 is 100 Å². The second-order valence-corrected chi connectivity index (χ2v) is 39.0. The van der Waals surface area contributed by atoms with Crippen LogP contribution in [0.25, 0.3) is 0 Å². The van der Waals surface area contributed by atoms with E-state index in [4.69, 9.17) is 29.8 Å². The molecule has 9 atom stereocenters. The third kappa shape index (κ3) is 36.4. The number of thioether (sulfide) groups is 1. The number of carboxylic acids is 1. The number of unbranched alkanes of at least 4 members (excludes halogenated alkanes) is 1. The average Bonchev–Trinajstić information content (AvgIpc) is 0.748. The van der Waals surface area contributed by atoms with Gasteiger partial charge in [0.15, 0.2) is 35.0 Å². The molecule has 37 heteroatoms. The van der Waals surface area contributed by atoms with Crippen molar-refractivity contribution in [2.45, 2.75) is 242 Å². The number of guanidine groups is 2. The summed E-state index contributed by atoms with van der Waals surface area (Å²) in [6, 6.07) is 40.6. The lowest BCUT2D eigenvalue weighted by Gasteiger charge is -2.37. The number of nitrogens with one attached hydrogen (secondary N) is 18. The van der Waals surface area contributed by atoms with Crippen molar-refractivity contribution in [1.29, 1.82) is 10.8 Å². The summed E-state index contributed by atoms with van der Waals surface area (Å²) in [6.45, 7) is 16.1. The summed E-state index contributed by atoms with van der Waals surface area (Å²) >= 11 is 1.48. The number of allylic oxidation sites excluding steroid dienone is 2. The molecule has 788 valence electrons. The van der Waals surface area contributed by atoms with Crippen LogP contribution in [0.2, 0.25) is 0 Å². The van der Waals surface area contributed by atoms with Gasteiger partial charge >= 0.3 is 5.97 Å². The van der Waals surface area contributed by atoms with E-state index in [0.29, 0.717) is 73.4 Å². The SMILES string of the molecule is CC[C@H](NC(=O)C(CCCNC(=N)NC)NC(=O)[C@H](Cc1ccc(C)cc1)NC(=O)C(CCCCNC(CC(C)C)=C1C(=O)CC(C)(C)CC1=O)NC(=O)[C@H](CCC(=O)NC(c1ccccc1)(c1ccccc1)c1ccccc1)NC(=O)C(C)NCc1c(SCc2ccc(OC)cc2)cc(OC)c(OC)c1OC)C(=O)N[C@@H](Cc1ccccc1)C(=O)N[C@@H](CC(C)C)C(=O)NC(CCCNC(=N)NC)C(=O)NCC(=O)O. The maximum atomic E-state index is 16.1. The fourth-order valence-electron chi connectivity index (χ4n) is 17.1. The highest BCUT2D eigenvalue weighted by Gasteiger charge is 2.42. The van der Waals surface area contributed by atoms with Gasteiger partial charge in [-0.05, 0) is 153 Å². The van der Waals surface area contributed by atoms with Gasteiger partial charge in [0.2, 0.25) is 64.8 Å². The number of carboxylic acid groups (broad SMARTS) is 1. The number of methoxy groups -OCH3 is 4. The Balaban J connectivity index is 1.16. The molecule has 1 saturated carbocycles. The molecule has 19 N–H and O–H groups in total. The summed E-state index contributed by atoms with van der Waals surface area (Å²) < 4.78 is 23.2. The number of amides is 10. The van der Waals surface area contributed by atoms with E-state index >= 15 is 33.6 Å². The number of benzene rings is 7. The van der Waals surface area contributed by atoms with Gasteiger partial charge in [-0.1, -0.05) is 212 Å². The summed E-state index contributed by atoms with van der Waals surface area (Å²) in [6.07, 6.45) is -0.00483. The van der Waals surface area contributed by atoms with Crippen LogP contribution < -0.4 is 104 Å². The van der Waals surface area contributed by atoms with E-state index in [1.54, 1.807) is 84.3 Å². The summed E-state index contributed by atoms with van der Waals surface area (Å²) in [5.41, 5.74) is 4.41. The number of hydrogen-bond acceptors (Lipinski definition) is 22. The number of hydrogen-bond donors (Lipinski definition) is 19. The summed E-state index contributed by atoms with van der Waals surface area (Å²) in [7, 11) is 9.13. The molecule has 0 radical (unpaired) electrons. The van der Waals surface area contributed by atoms with Crippen molar-refractivity contribution in [1.82, 2.24) is 85.1 Å². The van der Waals surface area contributed by atoms with E-state index in [0.717, 1.165) is 11.1 Å². The monoisotopic (exact) mass is 2030 g/mol. The number of ether oxygens (including phenoxy) is 4. The molecule has 7 aromatic rings. The molecule has 0 saturated heterocycles. The Morgan fingerprint density at radius 3 is 1.35 bits per heavy atom. The number of aryl methyl sites for hydroxylation is 1. The Hall–Kier alpha value is -14.4. The molecule has 4 unspecified atom stereocenters. The number of carbonyl (C=O) groups is 13. The van der Waals surface area contributed by atoms with Crippen LogP contribution in [-0.2, 0) is 93.0 Å². The molecule has 1 aliphatic carbocycles. The predicted molar refractivity (Wildman–Crippen MR) is 562 cm³/mol. The first-order chi connectivity index (χ1) is 69.9. The first-order valence-electron chi connectivity index (χ1n) is 49.7. The van der Waals surface area contributed by atoms with E-state index in [2.05, 4.69) is 85.1 Å². The minimum atomic E-state index is -1.60. The molecule has 0 bridgehead atoms. The maximum Gasteiger partial charge on any atom is 0.322 e. The molecule has 7 aromatic carbocycles. The third-order valence-electron chi connectivity index (χ3n) is 24.9. The van der Waals surface area contributed by atoms with Crippen LogP contribution in [0.15, 0.2) is 192 Å². The number of carbonyl (C=O) groups excluding carboxylic acids is 12. The quantitative estimate of drug-likeness (QED) is 0.00322. The lowest BCUT2D eigenvalue weighted by molar-refractivity contribution is -0.138. The molecular formula is C109H148N18O18S. The van der Waals surface area contributed by atoms with Crippen molar-refractivity contribution in [3.05, 3.63) is 232 Å². The Bertz CT molecular complexity index is 5450. The van der Waals surface area contributed by atoms with Crippen molar-refractivity contribution in [3.8, 4) is 23.0 Å². The van der Waals surface area contributed by atoms with Crippen LogP contribution in [-0.4, -0.2) is 217 Å². The zero-order valence-corrected chi connectivity index (χ0v) is 87.3. The topological polar surface area (TPSA) is 519 Å². The van der Waals surface area contributed by atoms with Crippen molar-refractivity contribution in [2.75, 3.05) is 68.7 Å². The molecule has 10 amide bonds. The number of rotatable bonds is 59. The van der Waals surface area contributed by atoms with Crippen LogP contribution in [0.5, 0.6) is 23.0 Å². The highest BCUT2D eigenvalue weighted by atomic mass is 32.2. The number of Topliss-reactive ketones (excluding diaryl/α,β-unsaturated/α-hetero) is 2. The van der Waals surface area contributed by atoms with Gasteiger partial charge in [0, 0.05) is 94.3 Å². The molecule has 0 aromatic heterocycles. The lowest BCUT2D eigenvalue weighted by atomic mass is 9.73. The van der Waals surface area contributed by atoms with E-state index in [-0.39, 0.29) is 163 Å². The molecule has 36 nitrogen and oxygen atoms in total. The minimum absolute atomic E-state index is 0.00125. The van der Waals surface area contributed by atoms with Gasteiger partial charge in [-0.3, -0.25) is 73.1 Å². The highest BCUT2D eigenvalue weighted by Crippen LogP contribution is 2.46. The van der Waals surface area contributed by atoms with Crippen molar-refractivity contribution in [2.24, 2.45) is 17.3 Å². The average molecular weight is 2030 g/mol. The maximum absolute atomic E-state index is 16.1. The third-order valence-corrected chi connectivity index (χ3v) is 26.1. The molecular weight excluding hydrogens is 1880 g/mol. The normalized spacial score (nSPS) is 14.0. The zero-order chi connectivity index (χ0) is 107. The Morgan fingerprint density at radius 1 is 0.459 bits per heavy atom. The smallest absolute Gasteiger partial charge is 0.322 e. The van der Waals surface area contributed by atoms with Crippen LogP contribution in [0.3, 0.4) is 0 Å². The molecule has 0 heterocycles. The van der Waals surface area contributed by atoms with Crippen LogP contribution >= 0.6 is 11.8 Å². The second kappa shape index (κ2) is 59.2. The van der Waals surface area contributed by atoms with E-state index in [1.165, 1.54) is 40.1 Å². The predicted octanol–water partition coefficient (Wildman–Crippen LogP) is 8.78. The van der Waals surface area contributed by atoms with Crippen LogP contribution in [0.1, 0.15) is 190 Å². The number of ketones is 2. The van der Waals surface area contributed by atoms with Crippen LogP contribution in [0, 0.1) is 35.0 Å². The largest absolute Gasteiger partial charge is 0.497 e. The Labute approximate surface area is 860 Å². The van der Waals surface area contributed by atoms with Gasteiger partial charge in [0.25, 0.3) is 0 Å². The molecule has 1 fully saturated rings. The first kappa shape index (κ1) is 117. The molecule has 0 aliphatic heterocycles. The van der Waals surface area contributed by atoms with E-state index in [1.807, 2.05) is 168 Å². The fourth-order valence-corrected chi connectivity index (χ4v) is 18.1. The highest BCUT2D eigenvalue weighted by molar-refractivity contribution is 7.98. The van der Waals surface area contributed by atoms with Gasteiger partial charge in [-0.25, -0.2) is 0 Å².